The maximum absolute atomic E-state index is 5.11. The second-order valence-corrected chi connectivity index (χ2v) is 17.1. The first-order valence-corrected chi connectivity index (χ1v) is 21.3. The molecule has 0 radical (unpaired) electrons. The Bertz CT molecular complexity index is 2790. The molecule has 0 N–H and O–H groups in total. The van der Waals surface area contributed by atoms with E-state index in [2.05, 4.69) is 242 Å². The Morgan fingerprint density at radius 3 is 1.15 bits per heavy atom. The molecule has 1 spiro atoms. The Labute approximate surface area is 363 Å². The number of aromatic nitrogens is 2. The van der Waals surface area contributed by atoms with Crippen LogP contribution in [0.5, 0.6) is 0 Å². The summed E-state index contributed by atoms with van der Waals surface area (Å²) in [6, 6.07) is 74.5. The van der Waals surface area contributed by atoms with Crippen molar-refractivity contribution in [2.45, 2.75) is 31.6 Å². The Balaban J connectivity index is 1.26. The first kappa shape index (κ1) is 37.3. The molecule has 0 atom stereocenters. The molecule has 1 aliphatic heterocycles. The number of rotatable bonds is 7. The van der Waals surface area contributed by atoms with E-state index < -0.39 is 5.41 Å². The van der Waals surface area contributed by atoms with E-state index in [1.54, 1.807) is 0 Å². The van der Waals surface area contributed by atoms with Gasteiger partial charge in [0.25, 0.3) is 0 Å². The molecule has 0 amide bonds. The van der Waals surface area contributed by atoms with Crippen LogP contribution in [0.3, 0.4) is 0 Å². The topological polar surface area (TPSA) is 35.5 Å². The fourth-order valence-corrected chi connectivity index (χ4v) is 9.70. The van der Waals surface area contributed by atoms with Gasteiger partial charge in [0.1, 0.15) is 0 Å². The normalized spacial score (nSPS) is 13.2. The van der Waals surface area contributed by atoms with Crippen LogP contribution in [0.2, 0.25) is 0 Å². The summed E-state index contributed by atoms with van der Waals surface area (Å²) in [5.74, 6) is 0. The maximum Gasteiger partial charge on any atom is 0.0937 e. The Hall–Kier alpha value is -7.76. The summed E-state index contributed by atoms with van der Waals surface area (Å²) < 4.78 is 0. The molecule has 9 aromatic rings. The number of benzene rings is 7. The molecule has 0 bridgehead atoms. The number of fused-ring (bicyclic) bond motifs is 9. The molecule has 0 saturated heterocycles. The third-order valence-corrected chi connectivity index (χ3v) is 12.5. The van der Waals surface area contributed by atoms with E-state index in [1.807, 2.05) is 12.4 Å². The molecule has 11 rings (SSSR count). The monoisotopic (exact) mass is 799 g/mol. The number of hydrogen-bond donors (Lipinski definition) is 0. The lowest BCUT2D eigenvalue weighted by atomic mass is 9.64. The Morgan fingerprint density at radius 2 is 0.774 bits per heavy atom. The van der Waals surface area contributed by atoms with Crippen LogP contribution in [0.25, 0.3) is 11.4 Å². The van der Waals surface area contributed by atoms with Crippen LogP contribution in [0, 0.1) is 0 Å². The van der Waals surface area contributed by atoms with Crippen molar-refractivity contribution in [3.05, 3.63) is 246 Å². The van der Waals surface area contributed by atoms with Crippen molar-refractivity contribution in [1.29, 1.82) is 0 Å². The minimum absolute atomic E-state index is 0.0119. The highest BCUT2D eigenvalue weighted by Crippen LogP contribution is 2.64. The van der Waals surface area contributed by atoms with E-state index in [1.165, 1.54) is 5.56 Å². The summed E-state index contributed by atoms with van der Waals surface area (Å²) in [6.45, 7) is 6.81. The summed E-state index contributed by atoms with van der Waals surface area (Å²) in [6.07, 6.45) is 3.80. The van der Waals surface area contributed by atoms with Crippen molar-refractivity contribution >= 4 is 51.2 Å². The zero-order valence-electron chi connectivity index (χ0n) is 35.0. The van der Waals surface area contributed by atoms with Crippen molar-refractivity contribution < 1.29 is 0 Å². The predicted octanol–water partition coefficient (Wildman–Crippen LogP) is 14.9. The quantitative estimate of drug-likeness (QED) is 0.160. The highest BCUT2D eigenvalue weighted by Gasteiger charge is 2.53. The van der Waals surface area contributed by atoms with Gasteiger partial charge in [0, 0.05) is 52.2 Å². The summed E-state index contributed by atoms with van der Waals surface area (Å²) in [5.41, 5.74) is 16.6. The zero-order chi connectivity index (χ0) is 41.8. The first-order valence-electron chi connectivity index (χ1n) is 21.3. The average molecular weight is 800 g/mol. The lowest BCUT2D eigenvalue weighted by molar-refractivity contribution is 0.590. The minimum Gasteiger partial charge on any atom is -0.310 e. The molecule has 1 aliphatic carbocycles. The SMILES string of the molecule is CC(C)(C)c1ccc(N2c3ccc(N(c4ccccc4)c4ccccc4)cc3C3(c4cc(N(c5ccccc5)c5ccccc5)ccc42)c2cccnc2-c2ncccc23)cc1. The van der Waals surface area contributed by atoms with Crippen LogP contribution in [0.1, 0.15) is 48.6 Å². The highest BCUT2D eigenvalue weighted by molar-refractivity contribution is 5.97. The summed E-state index contributed by atoms with van der Waals surface area (Å²) >= 11 is 0. The number of pyridine rings is 2. The molecule has 0 unspecified atom stereocenters. The number of anilines is 9. The Kier molecular flexibility index (Phi) is 8.86. The fourth-order valence-electron chi connectivity index (χ4n) is 9.70. The van der Waals surface area contributed by atoms with E-state index in [4.69, 9.17) is 9.97 Å². The van der Waals surface area contributed by atoms with Gasteiger partial charge in [-0.2, -0.15) is 0 Å². The molecule has 7 aromatic carbocycles. The Morgan fingerprint density at radius 1 is 0.387 bits per heavy atom. The van der Waals surface area contributed by atoms with Crippen molar-refractivity contribution in [3.8, 4) is 11.4 Å². The highest BCUT2D eigenvalue weighted by atomic mass is 15.2. The van der Waals surface area contributed by atoms with Gasteiger partial charge in [0.05, 0.1) is 28.2 Å². The van der Waals surface area contributed by atoms with Gasteiger partial charge in [0.15, 0.2) is 0 Å². The van der Waals surface area contributed by atoms with Gasteiger partial charge < -0.3 is 14.7 Å². The van der Waals surface area contributed by atoms with Gasteiger partial charge >= 0.3 is 0 Å². The van der Waals surface area contributed by atoms with Crippen LogP contribution < -0.4 is 14.7 Å². The molecule has 5 heteroatoms. The molecule has 0 fully saturated rings. The number of para-hydroxylation sites is 4. The van der Waals surface area contributed by atoms with E-state index in [0.717, 1.165) is 84.8 Å². The molecular formula is C57H45N5. The van der Waals surface area contributed by atoms with Crippen molar-refractivity contribution in [3.63, 3.8) is 0 Å². The fraction of sp³-hybridized carbons (Fsp3) is 0.0877. The molecule has 298 valence electrons. The second-order valence-electron chi connectivity index (χ2n) is 17.1. The number of nitrogens with zero attached hydrogens (tertiary/aromatic N) is 5. The van der Waals surface area contributed by atoms with E-state index in [0.29, 0.717) is 0 Å². The molecule has 5 nitrogen and oxygen atoms in total. The molecule has 62 heavy (non-hydrogen) atoms. The third kappa shape index (κ3) is 5.92. The maximum atomic E-state index is 5.11. The van der Waals surface area contributed by atoms with Crippen molar-refractivity contribution in [1.82, 2.24) is 9.97 Å². The van der Waals surface area contributed by atoms with E-state index in [-0.39, 0.29) is 5.41 Å². The minimum atomic E-state index is -0.788. The lowest BCUT2D eigenvalue weighted by Gasteiger charge is -2.46. The van der Waals surface area contributed by atoms with Crippen LogP contribution >= 0.6 is 0 Å². The zero-order valence-corrected chi connectivity index (χ0v) is 35.0. The second kappa shape index (κ2) is 14.8. The molecular weight excluding hydrogens is 755 g/mol. The molecule has 3 heterocycles. The van der Waals surface area contributed by atoms with Crippen molar-refractivity contribution in [2.24, 2.45) is 0 Å². The van der Waals surface area contributed by atoms with Crippen LogP contribution in [0.4, 0.5) is 51.2 Å². The van der Waals surface area contributed by atoms with Gasteiger partial charge in [-0.15, -0.1) is 0 Å². The summed E-state index contributed by atoms with van der Waals surface area (Å²) in [4.78, 5) is 17.4. The third-order valence-electron chi connectivity index (χ3n) is 12.5. The van der Waals surface area contributed by atoms with Gasteiger partial charge in [-0.25, -0.2) is 0 Å². The van der Waals surface area contributed by atoms with Gasteiger partial charge in [-0.05, 0) is 142 Å². The van der Waals surface area contributed by atoms with Crippen molar-refractivity contribution in [2.75, 3.05) is 14.7 Å². The standard InChI is InChI=1S/C57H45N5/c1-56(2,3)40-28-30-45(31-29-40)62-52-34-32-46(60(41-18-8-4-9-19-41)42-20-10-5-11-21-42)38-50(52)57(48-26-16-36-58-54(48)55-49(57)27-17-37-59-55)51-39-47(33-35-53(51)62)61(43-22-12-6-13-23-43)44-24-14-7-15-25-44/h4-39H,1-3H3. The first-order chi connectivity index (χ1) is 30.4. The lowest BCUT2D eigenvalue weighted by Crippen LogP contribution is -2.36. The van der Waals surface area contributed by atoms with Gasteiger partial charge in [-0.1, -0.05) is 118 Å². The average Bonchev–Trinajstić information content (AvgIpc) is 3.61. The number of hydrogen-bond acceptors (Lipinski definition) is 5. The predicted molar refractivity (Wildman–Crippen MR) is 256 cm³/mol. The van der Waals surface area contributed by atoms with Crippen LogP contribution in [-0.2, 0) is 10.8 Å². The van der Waals surface area contributed by atoms with Crippen LogP contribution in [0.15, 0.2) is 219 Å². The van der Waals surface area contributed by atoms with E-state index in [9.17, 15) is 0 Å². The largest absolute Gasteiger partial charge is 0.310 e. The van der Waals surface area contributed by atoms with Crippen LogP contribution in [-0.4, -0.2) is 9.97 Å². The summed E-state index contributed by atoms with van der Waals surface area (Å²) in [5, 5.41) is 0. The summed E-state index contributed by atoms with van der Waals surface area (Å²) in [7, 11) is 0. The smallest absolute Gasteiger partial charge is 0.0937 e. The molecule has 0 saturated carbocycles. The molecule has 2 aromatic heterocycles. The van der Waals surface area contributed by atoms with Gasteiger partial charge in [0.2, 0.25) is 0 Å². The van der Waals surface area contributed by atoms with E-state index >= 15 is 0 Å². The van der Waals surface area contributed by atoms with Gasteiger partial charge in [-0.3, -0.25) is 9.97 Å². The molecule has 2 aliphatic rings.